The summed E-state index contributed by atoms with van der Waals surface area (Å²) in [6.07, 6.45) is 3.95. The molecule has 1 aromatic heterocycles. The molecule has 0 aliphatic carbocycles. The van der Waals surface area contributed by atoms with Crippen molar-refractivity contribution in [2.24, 2.45) is 0 Å². The summed E-state index contributed by atoms with van der Waals surface area (Å²) < 4.78 is 1.03. The molecule has 0 saturated carbocycles. The van der Waals surface area contributed by atoms with E-state index in [1.54, 1.807) is 6.20 Å². The van der Waals surface area contributed by atoms with E-state index in [1.807, 2.05) is 13.0 Å². The third-order valence-electron chi connectivity index (χ3n) is 2.15. The average Bonchev–Trinajstić information content (AvgIpc) is 2.20. The minimum absolute atomic E-state index is 0.181. The van der Waals surface area contributed by atoms with Crippen molar-refractivity contribution in [3.05, 3.63) is 22.3 Å². The zero-order chi connectivity index (χ0) is 11.3. The smallest absolute Gasteiger partial charge is 0.126 e. The molecule has 2 nitrogen and oxygen atoms in total. The van der Waals surface area contributed by atoms with Crippen LogP contribution >= 0.6 is 27.5 Å². The normalized spacial score (nSPS) is 12.5. The fourth-order valence-electron chi connectivity index (χ4n) is 1.27. The van der Waals surface area contributed by atoms with E-state index in [0.717, 1.165) is 29.7 Å². The Kier molecular flexibility index (Phi) is 5.40. The number of anilines is 1. The van der Waals surface area contributed by atoms with Gasteiger partial charge in [-0.2, -0.15) is 0 Å². The van der Waals surface area contributed by atoms with Crippen molar-refractivity contribution < 1.29 is 0 Å². The van der Waals surface area contributed by atoms with Gasteiger partial charge in [-0.3, -0.25) is 0 Å². The Morgan fingerprint density at radius 2 is 2.33 bits per heavy atom. The molecule has 1 aromatic rings. The van der Waals surface area contributed by atoms with Crippen LogP contribution in [0.15, 0.2) is 16.7 Å². The molecule has 4 heteroatoms. The van der Waals surface area contributed by atoms with Crippen molar-refractivity contribution >= 4 is 33.3 Å². The maximum Gasteiger partial charge on any atom is 0.126 e. The van der Waals surface area contributed by atoms with Crippen LogP contribution in [0.1, 0.15) is 25.3 Å². The van der Waals surface area contributed by atoms with Crippen LogP contribution in [0.4, 0.5) is 5.82 Å². The van der Waals surface area contributed by atoms with Crippen LogP contribution in [0.2, 0.25) is 0 Å². The monoisotopic (exact) mass is 290 g/mol. The minimum Gasteiger partial charge on any atom is -0.369 e. The van der Waals surface area contributed by atoms with Gasteiger partial charge < -0.3 is 5.32 Å². The van der Waals surface area contributed by atoms with Gasteiger partial charge in [0.05, 0.1) is 5.38 Å². The lowest BCUT2D eigenvalue weighted by Gasteiger charge is -2.10. The molecule has 1 unspecified atom stereocenters. The Labute approximate surface area is 105 Å². The number of aromatic nitrogens is 1. The maximum absolute atomic E-state index is 6.10. The molecular formula is C11H16BrClN2. The topological polar surface area (TPSA) is 24.9 Å². The van der Waals surface area contributed by atoms with E-state index in [9.17, 15) is 0 Å². The highest BCUT2D eigenvalue weighted by atomic mass is 79.9. The van der Waals surface area contributed by atoms with Gasteiger partial charge in [0.1, 0.15) is 5.82 Å². The van der Waals surface area contributed by atoms with E-state index in [0.29, 0.717) is 0 Å². The van der Waals surface area contributed by atoms with Gasteiger partial charge in [0.15, 0.2) is 0 Å². The number of alkyl halides is 1. The lowest BCUT2D eigenvalue weighted by Crippen LogP contribution is -2.14. The molecule has 1 heterocycles. The first-order valence-electron chi connectivity index (χ1n) is 5.13. The van der Waals surface area contributed by atoms with Crippen LogP contribution < -0.4 is 5.32 Å². The van der Waals surface area contributed by atoms with Gasteiger partial charge in [0, 0.05) is 17.2 Å². The molecule has 15 heavy (non-hydrogen) atoms. The quantitative estimate of drug-likeness (QED) is 0.830. The Morgan fingerprint density at radius 3 is 2.93 bits per heavy atom. The van der Waals surface area contributed by atoms with Crippen molar-refractivity contribution in [3.8, 4) is 0 Å². The van der Waals surface area contributed by atoms with Gasteiger partial charge in [-0.1, -0.05) is 13.3 Å². The number of aryl methyl sites for hydroxylation is 1. The summed E-state index contributed by atoms with van der Waals surface area (Å²) in [6, 6.07) is 2.01. The highest BCUT2D eigenvalue weighted by Crippen LogP contribution is 2.17. The number of rotatable bonds is 5. The summed E-state index contributed by atoms with van der Waals surface area (Å²) in [5.74, 6) is 0.887. The molecule has 1 atom stereocenters. The van der Waals surface area contributed by atoms with E-state index in [4.69, 9.17) is 11.6 Å². The lowest BCUT2D eigenvalue weighted by atomic mass is 10.2. The molecule has 1 N–H and O–H groups in total. The standard InChI is InChI=1S/C11H16BrClN2/c1-3-4-9(13)6-14-11-5-8(2)10(12)7-15-11/h5,7,9H,3-4,6H2,1-2H3,(H,14,15). The highest BCUT2D eigenvalue weighted by Gasteiger charge is 2.04. The summed E-state index contributed by atoms with van der Waals surface area (Å²) in [5, 5.41) is 3.41. The van der Waals surface area contributed by atoms with Crippen molar-refractivity contribution in [1.82, 2.24) is 4.98 Å². The van der Waals surface area contributed by atoms with E-state index in [1.165, 1.54) is 5.56 Å². The molecule has 0 aliphatic heterocycles. The SMILES string of the molecule is CCCC(Cl)CNc1cc(C)c(Br)cn1. The molecule has 1 rings (SSSR count). The molecule has 84 valence electrons. The maximum atomic E-state index is 6.10. The number of nitrogens with one attached hydrogen (secondary N) is 1. The lowest BCUT2D eigenvalue weighted by molar-refractivity contribution is 0.750. The van der Waals surface area contributed by atoms with E-state index in [-0.39, 0.29) is 5.38 Å². The van der Waals surface area contributed by atoms with E-state index in [2.05, 4.69) is 33.2 Å². The molecule has 0 aliphatic rings. The minimum atomic E-state index is 0.181. The second kappa shape index (κ2) is 6.33. The Morgan fingerprint density at radius 1 is 1.60 bits per heavy atom. The van der Waals surface area contributed by atoms with Crippen molar-refractivity contribution in [2.75, 3.05) is 11.9 Å². The molecule has 0 radical (unpaired) electrons. The van der Waals surface area contributed by atoms with Crippen LogP contribution in [0.3, 0.4) is 0 Å². The van der Waals surface area contributed by atoms with Gasteiger partial charge in [0.2, 0.25) is 0 Å². The van der Waals surface area contributed by atoms with Gasteiger partial charge in [-0.15, -0.1) is 11.6 Å². The highest BCUT2D eigenvalue weighted by molar-refractivity contribution is 9.10. The number of hydrogen-bond donors (Lipinski definition) is 1. The summed E-state index contributed by atoms with van der Waals surface area (Å²) in [5.41, 5.74) is 1.18. The first-order valence-corrected chi connectivity index (χ1v) is 6.36. The van der Waals surface area contributed by atoms with Gasteiger partial charge in [-0.05, 0) is 40.9 Å². The zero-order valence-electron chi connectivity index (χ0n) is 9.06. The van der Waals surface area contributed by atoms with Crippen LogP contribution in [-0.4, -0.2) is 16.9 Å². The molecule has 0 spiro atoms. The van der Waals surface area contributed by atoms with Crippen LogP contribution in [0.5, 0.6) is 0 Å². The average molecular weight is 292 g/mol. The molecule has 0 bridgehead atoms. The zero-order valence-corrected chi connectivity index (χ0v) is 11.4. The third kappa shape index (κ3) is 4.39. The van der Waals surface area contributed by atoms with Gasteiger partial charge >= 0.3 is 0 Å². The van der Waals surface area contributed by atoms with Crippen molar-refractivity contribution in [2.45, 2.75) is 32.1 Å². The van der Waals surface area contributed by atoms with Gasteiger partial charge in [0.25, 0.3) is 0 Å². The molecule has 0 fully saturated rings. The molecule has 0 saturated heterocycles. The number of pyridine rings is 1. The second-order valence-electron chi connectivity index (χ2n) is 3.59. The summed E-state index contributed by atoms with van der Waals surface area (Å²) in [7, 11) is 0. The number of hydrogen-bond acceptors (Lipinski definition) is 2. The first kappa shape index (κ1) is 12.8. The van der Waals surface area contributed by atoms with Gasteiger partial charge in [-0.25, -0.2) is 4.98 Å². The Hall–Kier alpha value is -0.280. The molecule has 0 amide bonds. The van der Waals surface area contributed by atoms with Crippen LogP contribution in [0, 0.1) is 6.92 Å². The van der Waals surface area contributed by atoms with Crippen molar-refractivity contribution in [1.29, 1.82) is 0 Å². The fraction of sp³-hybridized carbons (Fsp3) is 0.545. The second-order valence-corrected chi connectivity index (χ2v) is 5.06. The fourth-order valence-corrected chi connectivity index (χ4v) is 1.78. The Bertz CT molecular complexity index is 317. The predicted octanol–water partition coefficient (Wildman–Crippen LogP) is 3.97. The summed E-state index contributed by atoms with van der Waals surface area (Å²) in [6.45, 7) is 4.95. The van der Waals surface area contributed by atoms with Crippen LogP contribution in [0.25, 0.3) is 0 Å². The van der Waals surface area contributed by atoms with Crippen LogP contribution in [-0.2, 0) is 0 Å². The van der Waals surface area contributed by atoms with E-state index < -0.39 is 0 Å². The molecule has 0 aromatic carbocycles. The van der Waals surface area contributed by atoms with E-state index >= 15 is 0 Å². The first-order chi connectivity index (χ1) is 7.13. The number of nitrogens with zero attached hydrogens (tertiary/aromatic N) is 1. The summed E-state index contributed by atoms with van der Waals surface area (Å²) in [4.78, 5) is 4.25. The predicted molar refractivity (Wildman–Crippen MR) is 69.7 cm³/mol. The summed E-state index contributed by atoms with van der Waals surface area (Å²) >= 11 is 9.52. The number of halogens is 2. The van der Waals surface area contributed by atoms with Crippen molar-refractivity contribution in [3.63, 3.8) is 0 Å². The Balaban J connectivity index is 2.47. The largest absolute Gasteiger partial charge is 0.369 e. The third-order valence-corrected chi connectivity index (χ3v) is 3.36. The molecular weight excluding hydrogens is 275 g/mol.